The maximum absolute atomic E-state index is 11.6. The van der Waals surface area contributed by atoms with E-state index in [0.717, 1.165) is 0 Å². The van der Waals surface area contributed by atoms with Crippen LogP contribution in [0.25, 0.3) is 0 Å². The van der Waals surface area contributed by atoms with Crippen LogP contribution < -0.4 is 5.32 Å². The monoisotopic (exact) mass is 213 g/mol. The molecule has 5 heteroatoms. The molecule has 0 unspecified atom stereocenters. The van der Waals surface area contributed by atoms with E-state index in [-0.39, 0.29) is 0 Å². The summed E-state index contributed by atoms with van der Waals surface area (Å²) < 4.78 is 6.52. The molecule has 0 aromatic carbocycles. The number of nitrogens with zero attached hydrogens (tertiary/aromatic N) is 1. The van der Waals surface area contributed by atoms with Crippen molar-refractivity contribution in [3.05, 3.63) is 18.3 Å². The predicted molar refractivity (Wildman–Crippen MR) is 56.5 cm³/mol. The van der Waals surface area contributed by atoms with Crippen LogP contribution in [0, 0.1) is 0 Å². The zero-order chi connectivity index (χ0) is 10.8. The molecule has 0 aliphatic heterocycles. The van der Waals surface area contributed by atoms with E-state index in [2.05, 4.69) is 0 Å². The van der Waals surface area contributed by atoms with Gasteiger partial charge in [0.2, 0.25) is 9.76 Å². The van der Waals surface area contributed by atoms with Crippen molar-refractivity contribution < 1.29 is 14.3 Å². The van der Waals surface area contributed by atoms with Crippen LogP contribution >= 0.6 is 0 Å². The van der Waals surface area contributed by atoms with Gasteiger partial charge in [0.25, 0.3) is 0 Å². The zero-order valence-corrected chi connectivity index (χ0v) is 10.1. The molecule has 0 saturated carbocycles. The predicted octanol–water partition coefficient (Wildman–Crippen LogP) is -0.0273. The Morgan fingerprint density at radius 1 is 1.57 bits per heavy atom. The largest absolute Gasteiger partial charge is 0.443 e. The van der Waals surface area contributed by atoms with Crippen LogP contribution in [0.15, 0.2) is 18.3 Å². The molecule has 0 atom stereocenters. The molecule has 0 aliphatic rings. The Balaban J connectivity index is 2.80. The summed E-state index contributed by atoms with van der Waals surface area (Å²) in [7, 11) is -1.33. The van der Waals surface area contributed by atoms with Crippen molar-refractivity contribution in [2.75, 3.05) is 0 Å². The van der Waals surface area contributed by atoms with Crippen LogP contribution in [-0.2, 0) is 4.74 Å². The van der Waals surface area contributed by atoms with Gasteiger partial charge in [-0.2, -0.15) is 0 Å². The van der Waals surface area contributed by atoms with Crippen LogP contribution in [0.2, 0.25) is 0 Å². The summed E-state index contributed by atoms with van der Waals surface area (Å²) >= 11 is 0. The minimum Gasteiger partial charge on any atom is -0.443 e. The summed E-state index contributed by atoms with van der Waals surface area (Å²) in [5.41, 5.74) is -0.504. The van der Waals surface area contributed by atoms with Crippen molar-refractivity contribution in [3.8, 4) is 0 Å². The molecule has 0 fully saturated rings. The van der Waals surface area contributed by atoms with Gasteiger partial charge in [-0.15, -0.1) is 0 Å². The second-order valence-electron chi connectivity index (χ2n) is 4.01. The van der Waals surface area contributed by atoms with Gasteiger partial charge in [-0.3, -0.25) is 4.57 Å². The van der Waals surface area contributed by atoms with E-state index in [0.29, 0.717) is 5.32 Å². The molecule has 0 saturated heterocycles. The Hall–Kier alpha value is -1.07. The number of carbonyl (C=O) groups is 1. The molecule has 0 amide bonds. The molecule has 1 aromatic heterocycles. The summed E-state index contributed by atoms with van der Waals surface area (Å²) in [6.45, 7) is 5.43. The molecule has 14 heavy (non-hydrogen) atoms. The average molecular weight is 213 g/mol. The first-order valence-electron chi connectivity index (χ1n) is 4.44. The van der Waals surface area contributed by atoms with E-state index >= 15 is 0 Å². The number of carbonyl (C=O) groups excluding carboxylic acids is 1. The van der Waals surface area contributed by atoms with Crippen molar-refractivity contribution >= 4 is 21.2 Å². The van der Waals surface area contributed by atoms with Crippen molar-refractivity contribution in [2.24, 2.45) is 0 Å². The molecule has 1 rings (SSSR count). The van der Waals surface area contributed by atoms with Gasteiger partial charge in [-0.05, 0) is 32.9 Å². The highest BCUT2D eigenvalue weighted by Gasteiger charge is 2.18. The van der Waals surface area contributed by atoms with Crippen LogP contribution in [0.4, 0.5) is 4.79 Å². The van der Waals surface area contributed by atoms with Gasteiger partial charge >= 0.3 is 6.09 Å². The highest BCUT2D eigenvalue weighted by molar-refractivity contribution is 6.45. The van der Waals surface area contributed by atoms with Crippen LogP contribution in [0.5, 0.6) is 0 Å². The maximum atomic E-state index is 11.6. The first-order chi connectivity index (χ1) is 6.44. The lowest BCUT2D eigenvalue weighted by molar-refractivity contribution is 0.0542. The van der Waals surface area contributed by atoms with E-state index < -0.39 is 21.5 Å². The Kier molecular flexibility index (Phi) is 3.12. The second kappa shape index (κ2) is 3.98. The fourth-order valence-corrected chi connectivity index (χ4v) is 1.66. The molecule has 1 heterocycles. The SMILES string of the molecule is CC(C)(C)OC(=O)n1cccc1[SiH2]O. The van der Waals surface area contributed by atoms with Crippen LogP contribution in [0.3, 0.4) is 0 Å². The molecular weight excluding hydrogens is 198 g/mol. The molecule has 1 N–H and O–H groups in total. The van der Waals surface area contributed by atoms with Gasteiger partial charge < -0.3 is 9.53 Å². The van der Waals surface area contributed by atoms with E-state index in [9.17, 15) is 4.79 Å². The Morgan fingerprint density at radius 2 is 2.21 bits per heavy atom. The van der Waals surface area contributed by atoms with E-state index in [4.69, 9.17) is 9.53 Å². The smallest absolute Gasteiger partial charge is 0.418 e. The van der Waals surface area contributed by atoms with Crippen molar-refractivity contribution in [1.29, 1.82) is 0 Å². The minimum absolute atomic E-state index is 0.431. The summed E-state index contributed by atoms with van der Waals surface area (Å²) in [5, 5.41) is 0.666. The fourth-order valence-electron chi connectivity index (χ4n) is 1.03. The lowest BCUT2D eigenvalue weighted by Gasteiger charge is -2.20. The highest BCUT2D eigenvalue weighted by Crippen LogP contribution is 2.08. The normalized spacial score (nSPS) is 12.3. The van der Waals surface area contributed by atoms with Crippen molar-refractivity contribution in [1.82, 2.24) is 4.57 Å². The van der Waals surface area contributed by atoms with E-state index in [1.54, 1.807) is 18.3 Å². The third kappa shape index (κ3) is 2.71. The van der Waals surface area contributed by atoms with Gasteiger partial charge in [0, 0.05) is 11.5 Å². The standard InChI is InChI=1S/C9H15NO3Si/c1-9(2,3)13-8(11)10-6-4-5-7(10)14-12/h4-6,12H,14H2,1-3H3. The number of hydrogen-bond acceptors (Lipinski definition) is 3. The average Bonchev–Trinajstić information content (AvgIpc) is 2.47. The first-order valence-corrected chi connectivity index (χ1v) is 5.78. The van der Waals surface area contributed by atoms with Crippen LogP contribution in [0.1, 0.15) is 20.8 Å². The summed E-state index contributed by atoms with van der Waals surface area (Å²) in [4.78, 5) is 20.6. The molecule has 0 radical (unpaired) electrons. The van der Waals surface area contributed by atoms with Gasteiger partial charge in [-0.1, -0.05) is 0 Å². The van der Waals surface area contributed by atoms with Gasteiger partial charge in [0.1, 0.15) is 5.60 Å². The second-order valence-corrected chi connectivity index (χ2v) is 5.05. The van der Waals surface area contributed by atoms with E-state index in [1.807, 2.05) is 20.8 Å². The number of ether oxygens (including phenoxy) is 1. The Labute approximate surface area is 85.4 Å². The van der Waals surface area contributed by atoms with Gasteiger partial charge in [-0.25, -0.2) is 4.79 Å². The summed E-state index contributed by atoms with van der Waals surface area (Å²) in [6.07, 6.45) is 1.17. The van der Waals surface area contributed by atoms with Crippen molar-refractivity contribution in [3.63, 3.8) is 0 Å². The highest BCUT2D eigenvalue weighted by atomic mass is 28.2. The zero-order valence-electron chi connectivity index (χ0n) is 8.65. The molecular formula is C9H15NO3Si. The third-order valence-corrected chi connectivity index (χ3v) is 2.49. The van der Waals surface area contributed by atoms with Gasteiger partial charge in [0.15, 0.2) is 0 Å². The molecule has 0 aliphatic carbocycles. The Bertz CT molecular complexity index is 327. The van der Waals surface area contributed by atoms with Crippen LogP contribution in [-0.4, -0.2) is 30.8 Å². The summed E-state index contributed by atoms with van der Waals surface area (Å²) in [6, 6.07) is 3.46. The molecule has 0 spiro atoms. The molecule has 4 nitrogen and oxygen atoms in total. The number of rotatable bonds is 1. The summed E-state index contributed by atoms with van der Waals surface area (Å²) in [5.74, 6) is 0. The van der Waals surface area contributed by atoms with Gasteiger partial charge in [0.05, 0.1) is 0 Å². The lowest BCUT2D eigenvalue weighted by atomic mass is 10.2. The lowest BCUT2D eigenvalue weighted by Crippen LogP contribution is -2.34. The molecule has 1 aromatic rings. The Morgan fingerprint density at radius 3 is 2.71 bits per heavy atom. The fraction of sp³-hybridized carbons (Fsp3) is 0.444. The minimum atomic E-state index is -1.33. The first kappa shape index (κ1) is 11.0. The molecule has 0 bridgehead atoms. The molecule has 78 valence electrons. The van der Waals surface area contributed by atoms with Crippen molar-refractivity contribution in [2.45, 2.75) is 26.4 Å². The maximum Gasteiger partial charge on any atom is 0.418 e. The topological polar surface area (TPSA) is 51.5 Å². The quantitative estimate of drug-likeness (QED) is 0.667. The third-order valence-electron chi connectivity index (χ3n) is 1.59. The van der Waals surface area contributed by atoms with E-state index in [1.165, 1.54) is 4.57 Å². The number of hydrogen-bond donors (Lipinski definition) is 1. The number of aromatic nitrogens is 1.